The summed E-state index contributed by atoms with van der Waals surface area (Å²) in [6.45, 7) is 3.31. The molecule has 0 saturated carbocycles. The molecule has 17 heavy (non-hydrogen) atoms. The van der Waals surface area contributed by atoms with Gasteiger partial charge in [-0.05, 0) is 36.9 Å². The Bertz CT molecular complexity index is 473. The van der Waals surface area contributed by atoms with Gasteiger partial charge < -0.3 is 5.73 Å². The van der Waals surface area contributed by atoms with Crippen molar-refractivity contribution in [2.45, 2.75) is 25.4 Å². The zero-order valence-corrected chi connectivity index (χ0v) is 10.7. The van der Waals surface area contributed by atoms with Crippen molar-refractivity contribution in [2.75, 3.05) is 13.1 Å². The van der Waals surface area contributed by atoms with Crippen LogP contribution >= 0.6 is 11.3 Å². The molecular formula is C14H18N2S. The predicted octanol–water partition coefficient (Wildman–Crippen LogP) is 2.82. The van der Waals surface area contributed by atoms with Crippen LogP contribution in [0.4, 0.5) is 0 Å². The maximum atomic E-state index is 6.02. The van der Waals surface area contributed by atoms with Crippen molar-refractivity contribution >= 4 is 21.4 Å². The van der Waals surface area contributed by atoms with Gasteiger partial charge in [0, 0.05) is 28.7 Å². The lowest BCUT2D eigenvalue weighted by atomic mass is 10.1. The normalized spacial score (nSPS) is 22.1. The second kappa shape index (κ2) is 4.77. The highest BCUT2D eigenvalue weighted by Gasteiger charge is 2.17. The number of nitrogens with zero attached hydrogens (tertiary/aromatic N) is 1. The number of rotatable bonds is 2. The van der Waals surface area contributed by atoms with Gasteiger partial charge in [-0.2, -0.15) is 0 Å². The molecule has 1 aliphatic rings. The van der Waals surface area contributed by atoms with Gasteiger partial charge in [-0.1, -0.05) is 18.2 Å². The monoisotopic (exact) mass is 246 g/mol. The summed E-state index contributed by atoms with van der Waals surface area (Å²) < 4.78 is 1.39. The lowest BCUT2D eigenvalue weighted by Gasteiger charge is -2.30. The topological polar surface area (TPSA) is 29.3 Å². The number of fused-ring (bicyclic) bond motifs is 1. The van der Waals surface area contributed by atoms with Crippen molar-refractivity contribution in [3.63, 3.8) is 0 Å². The number of thiophene rings is 1. The number of benzene rings is 1. The standard InChI is InChI=1S/C14H18N2S/c15-12-5-3-7-16(9-12)10-13-8-11-4-1-2-6-14(11)17-13/h1-2,4,6,8,12H,3,5,7,9-10,15H2. The first kappa shape index (κ1) is 11.2. The molecule has 1 aliphatic heterocycles. The van der Waals surface area contributed by atoms with Crippen molar-refractivity contribution in [3.05, 3.63) is 35.2 Å². The number of hydrogen-bond donors (Lipinski definition) is 1. The Morgan fingerprint density at radius 2 is 2.24 bits per heavy atom. The van der Waals surface area contributed by atoms with Crippen molar-refractivity contribution < 1.29 is 0 Å². The van der Waals surface area contributed by atoms with Crippen LogP contribution in [0.2, 0.25) is 0 Å². The lowest BCUT2D eigenvalue weighted by molar-refractivity contribution is 0.203. The Morgan fingerprint density at radius 3 is 3.06 bits per heavy atom. The van der Waals surface area contributed by atoms with E-state index in [0.29, 0.717) is 6.04 Å². The minimum Gasteiger partial charge on any atom is -0.327 e. The maximum Gasteiger partial charge on any atom is 0.0346 e. The number of piperidine rings is 1. The second-order valence-corrected chi connectivity index (χ2v) is 6.06. The number of hydrogen-bond acceptors (Lipinski definition) is 3. The molecule has 0 spiro atoms. The summed E-state index contributed by atoms with van der Waals surface area (Å²) in [6, 6.07) is 11.3. The van der Waals surface area contributed by atoms with Gasteiger partial charge in [0.25, 0.3) is 0 Å². The van der Waals surface area contributed by atoms with Crippen molar-refractivity contribution in [3.8, 4) is 0 Å². The van der Waals surface area contributed by atoms with E-state index in [1.807, 2.05) is 11.3 Å². The fourth-order valence-electron chi connectivity index (χ4n) is 2.57. The molecule has 2 aromatic rings. The zero-order valence-electron chi connectivity index (χ0n) is 9.93. The van der Waals surface area contributed by atoms with Crippen LogP contribution < -0.4 is 5.73 Å². The van der Waals surface area contributed by atoms with E-state index in [0.717, 1.165) is 13.1 Å². The molecule has 1 saturated heterocycles. The highest BCUT2D eigenvalue weighted by molar-refractivity contribution is 7.19. The van der Waals surface area contributed by atoms with Gasteiger partial charge in [0.1, 0.15) is 0 Å². The Morgan fingerprint density at radius 1 is 1.35 bits per heavy atom. The molecule has 1 fully saturated rings. The zero-order chi connectivity index (χ0) is 11.7. The van der Waals surface area contributed by atoms with Crippen molar-refractivity contribution in [2.24, 2.45) is 5.73 Å². The van der Waals surface area contributed by atoms with E-state index in [9.17, 15) is 0 Å². The van der Waals surface area contributed by atoms with Gasteiger partial charge in [0.05, 0.1) is 0 Å². The van der Waals surface area contributed by atoms with Gasteiger partial charge >= 0.3 is 0 Å². The second-order valence-electron chi connectivity index (χ2n) is 4.89. The number of likely N-dealkylation sites (tertiary alicyclic amines) is 1. The molecule has 3 rings (SSSR count). The minimum absolute atomic E-state index is 0.373. The summed E-state index contributed by atoms with van der Waals surface area (Å²) >= 11 is 1.91. The van der Waals surface area contributed by atoms with Crippen molar-refractivity contribution in [1.29, 1.82) is 0 Å². The SMILES string of the molecule is NC1CCCN(Cc2cc3ccccc3s2)C1. The summed E-state index contributed by atoms with van der Waals surface area (Å²) in [7, 11) is 0. The first-order valence-corrected chi connectivity index (χ1v) is 7.08. The molecule has 2 N–H and O–H groups in total. The maximum absolute atomic E-state index is 6.02. The Labute approximate surface area is 106 Å². The molecule has 0 aliphatic carbocycles. The van der Waals surface area contributed by atoms with E-state index >= 15 is 0 Å². The van der Waals surface area contributed by atoms with Crippen LogP contribution in [-0.4, -0.2) is 24.0 Å². The van der Waals surface area contributed by atoms with E-state index in [1.54, 1.807) is 0 Å². The molecule has 1 aromatic heterocycles. The Hall–Kier alpha value is -0.900. The van der Waals surface area contributed by atoms with Gasteiger partial charge in [-0.3, -0.25) is 4.90 Å². The van der Waals surface area contributed by atoms with E-state index in [1.165, 1.54) is 34.3 Å². The van der Waals surface area contributed by atoms with Gasteiger partial charge in [0.2, 0.25) is 0 Å². The van der Waals surface area contributed by atoms with E-state index in [-0.39, 0.29) is 0 Å². The third-order valence-corrected chi connectivity index (χ3v) is 4.50. The third kappa shape index (κ3) is 2.51. The molecule has 0 bridgehead atoms. The quantitative estimate of drug-likeness (QED) is 0.883. The summed E-state index contributed by atoms with van der Waals surface area (Å²) in [5, 5.41) is 1.37. The fraction of sp³-hybridized carbons (Fsp3) is 0.429. The van der Waals surface area contributed by atoms with Crippen LogP contribution in [0, 0.1) is 0 Å². The minimum atomic E-state index is 0.373. The average molecular weight is 246 g/mol. The van der Waals surface area contributed by atoms with E-state index < -0.39 is 0 Å². The third-order valence-electron chi connectivity index (χ3n) is 3.40. The summed E-state index contributed by atoms with van der Waals surface area (Å²) in [5.74, 6) is 0. The smallest absolute Gasteiger partial charge is 0.0346 e. The van der Waals surface area contributed by atoms with Gasteiger partial charge in [0.15, 0.2) is 0 Å². The molecule has 3 heteroatoms. The van der Waals surface area contributed by atoms with Crippen LogP contribution in [0.25, 0.3) is 10.1 Å². The van der Waals surface area contributed by atoms with E-state index in [4.69, 9.17) is 5.73 Å². The molecule has 90 valence electrons. The molecule has 1 aromatic carbocycles. The highest BCUT2D eigenvalue weighted by atomic mass is 32.1. The molecule has 2 nitrogen and oxygen atoms in total. The summed E-state index contributed by atoms with van der Waals surface area (Å²) in [4.78, 5) is 3.94. The first-order chi connectivity index (χ1) is 8.31. The molecule has 0 radical (unpaired) electrons. The molecule has 0 amide bonds. The van der Waals surface area contributed by atoms with Crippen LogP contribution in [0.3, 0.4) is 0 Å². The molecular weight excluding hydrogens is 228 g/mol. The van der Waals surface area contributed by atoms with E-state index in [2.05, 4.69) is 35.2 Å². The Balaban J connectivity index is 1.75. The van der Waals surface area contributed by atoms with Gasteiger partial charge in [-0.15, -0.1) is 11.3 Å². The van der Waals surface area contributed by atoms with Gasteiger partial charge in [-0.25, -0.2) is 0 Å². The summed E-state index contributed by atoms with van der Waals surface area (Å²) in [5.41, 5.74) is 6.02. The first-order valence-electron chi connectivity index (χ1n) is 6.27. The lowest BCUT2D eigenvalue weighted by Crippen LogP contribution is -2.42. The molecule has 2 heterocycles. The summed E-state index contributed by atoms with van der Waals surface area (Å²) in [6.07, 6.45) is 2.43. The molecule has 1 atom stereocenters. The van der Waals surface area contributed by atoms with Crippen LogP contribution in [0.15, 0.2) is 30.3 Å². The van der Waals surface area contributed by atoms with Crippen LogP contribution in [0.1, 0.15) is 17.7 Å². The average Bonchev–Trinajstić information content (AvgIpc) is 2.71. The van der Waals surface area contributed by atoms with Crippen LogP contribution in [0.5, 0.6) is 0 Å². The Kier molecular flexibility index (Phi) is 3.14. The fourth-order valence-corrected chi connectivity index (χ4v) is 3.68. The van der Waals surface area contributed by atoms with Crippen LogP contribution in [-0.2, 0) is 6.54 Å². The molecule has 1 unspecified atom stereocenters. The van der Waals surface area contributed by atoms with Crippen molar-refractivity contribution in [1.82, 2.24) is 4.90 Å². The predicted molar refractivity (Wildman–Crippen MR) is 74.3 cm³/mol. The highest BCUT2D eigenvalue weighted by Crippen LogP contribution is 2.26. The largest absolute Gasteiger partial charge is 0.327 e. The number of nitrogens with two attached hydrogens (primary N) is 1.